The number of benzene rings is 2. The second-order valence-electron chi connectivity index (χ2n) is 9.07. The molecule has 1 amide bonds. The van der Waals surface area contributed by atoms with E-state index in [0.717, 1.165) is 16.3 Å². The Balaban J connectivity index is 1.51. The quantitative estimate of drug-likeness (QED) is 0.141. The zero-order valence-corrected chi connectivity index (χ0v) is 24.7. The Morgan fingerprint density at radius 2 is 1.77 bits per heavy atom. The second-order valence-corrected chi connectivity index (χ2v) is 12.9. The van der Waals surface area contributed by atoms with Gasteiger partial charge in [-0.3, -0.25) is 14.5 Å². The Bertz CT molecular complexity index is 1580. The number of aryl methyl sites for hydroxylation is 2. The van der Waals surface area contributed by atoms with Gasteiger partial charge in [0, 0.05) is 30.6 Å². The zero-order valence-electron chi connectivity index (χ0n) is 21.5. The number of amides is 1. The van der Waals surface area contributed by atoms with E-state index in [4.69, 9.17) is 11.6 Å². The van der Waals surface area contributed by atoms with Gasteiger partial charge < -0.3 is 10.0 Å². The van der Waals surface area contributed by atoms with Crippen LogP contribution in [0.25, 0.3) is 0 Å². The molecule has 1 N–H and O–H groups in total. The first-order valence-electron chi connectivity index (χ1n) is 11.9. The number of thioether (sulfide) groups is 1. The van der Waals surface area contributed by atoms with Crippen LogP contribution in [0.15, 0.2) is 64.2 Å². The fourth-order valence-corrected chi connectivity index (χ4v) is 7.08. The average molecular weight is 598 g/mol. The number of hydrogen-bond donors (Lipinski definition) is 1. The third-order valence-corrected chi connectivity index (χ3v) is 9.62. The van der Waals surface area contributed by atoms with Crippen LogP contribution in [-0.4, -0.2) is 46.1 Å². The van der Waals surface area contributed by atoms with Crippen LogP contribution in [0.3, 0.4) is 0 Å². The lowest BCUT2D eigenvalue weighted by molar-refractivity contribution is -0.117. The first kappa shape index (κ1) is 27.3. The van der Waals surface area contributed by atoms with Gasteiger partial charge in [0.1, 0.15) is 0 Å². The zero-order chi connectivity index (χ0) is 27.8. The molecule has 3 heterocycles. The molecular weight excluding hydrogens is 574 g/mol. The Kier molecular flexibility index (Phi) is 7.77. The van der Waals surface area contributed by atoms with Gasteiger partial charge in [-0.25, -0.2) is 4.98 Å². The van der Waals surface area contributed by atoms with Gasteiger partial charge in [-0.2, -0.15) is 0 Å². The predicted octanol–water partition coefficient (Wildman–Crippen LogP) is 6.41. The van der Waals surface area contributed by atoms with Crippen LogP contribution in [0.4, 0.5) is 10.8 Å². The van der Waals surface area contributed by atoms with Crippen molar-refractivity contribution in [1.29, 1.82) is 0 Å². The van der Waals surface area contributed by atoms with Crippen molar-refractivity contribution in [1.82, 2.24) is 15.2 Å². The molecule has 5 rings (SSSR count). The number of Topliss-reactive ketones (excluding diaryl/α,β-unsaturated/α-hetero) is 1. The van der Waals surface area contributed by atoms with Crippen LogP contribution >= 0.6 is 46.0 Å². The number of anilines is 2. The number of aliphatic hydroxyl groups is 1. The molecule has 1 aliphatic heterocycles. The second kappa shape index (κ2) is 11.1. The van der Waals surface area contributed by atoms with E-state index in [9.17, 15) is 14.7 Å². The van der Waals surface area contributed by atoms with Crippen molar-refractivity contribution in [3.63, 3.8) is 0 Å². The molecule has 4 aromatic rings. The summed E-state index contributed by atoms with van der Waals surface area (Å²) in [6, 6.07) is 14.2. The Labute approximate surface area is 243 Å². The minimum Gasteiger partial charge on any atom is -0.503 e. The minimum atomic E-state index is -0.870. The summed E-state index contributed by atoms with van der Waals surface area (Å²) in [5.41, 5.74) is 3.27. The topological polar surface area (TPSA) is 99.5 Å². The summed E-state index contributed by atoms with van der Waals surface area (Å²) >= 11 is 9.94. The van der Waals surface area contributed by atoms with Crippen molar-refractivity contribution in [2.45, 2.75) is 30.0 Å². The van der Waals surface area contributed by atoms with Gasteiger partial charge in [0.25, 0.3) is 5.91 Å². The van der Waals surface area contributed by atoms with Gasteiger partial charge in [0.05, 0.1) is 27.2 Å². The van der Waals surface area contributed by atoms with Crippen LogP contribution in [0.1, 0.15) is 37.5 Å². The number of carbonyl (C=O) groups is 2. The van der Waals surface area contributed by atoms with E-state index in [1.165, 1.54) is 39.3 Å². The van der Waals surface area contributed by atoms with E-state index in [2.05, 4.69) is 15.2 Å². The van der Waals surface area contributed by atoms with Gasteiger partial charge in [-0.1, -0.05) is 59.0 Å². The predicted molar refractivity (Wildman–Crippen MR) is 157 cm³/mol. The van der Waals surface area contributed by atoms with Crippen molar-refractivity contribution < 1.29 is 14.7 Å². The fourth-order valence-electron chi connectivity index (χ4n) is 4.25. The third-order valence-electron chi connectivity index (χ3n) is 6.17. The van der Waals surface area contributed by atoms with Gasteiger partial charge in [-0.05, 0) is 49.2 Å². The molecule has 1 unspecified atom stereocenters. The van der Waals surface area contributed by atoms with Gasteiger partial charge in [-0.15, -0.1) is 21.5 Å². The van der Waals surface area contributed by atoms with E-state index in [0.29, 0.717) is 36.4 Å². The first-order valence-corrected chi connectivity index (χ1v) is 14.9. The molecule has 0 saturated heterocycles. The van der Waals surface area contributed by atoms with Gasteiger partial charge in [0.2, 0.25) is 10.9 Å². The number of rotatable bonds is 8. The van der Waals surface area contributed by atoms with E-state index in [-0.39, 0.29) is 5.57 Å². The lowest BCUT2D eigenvalue weighted by Crippen LogP contribution is -2.31. The molecule has 2 aromatic heterocycles. The van der Waals surface area contributed by atoms with E-state index in [1.807, 2.05) is 74.4 Å². The maximum Gasteiger partial charge on any atom is 0.296 e. The van der Waals surface area contributed by atoms with Crippen LogP contribution in [0, 0.1) is 13.8 Å². The molecule has 1 aliphatic rings. The number of aromatic nitrogens is 3. The molecule has 0 fully saturated rings. The van der Waals surface area contributed by atoms with Crippen molar-refractivity contribution in [2.24, 2.45) is 0 Å². The van der Waals surface area contributed by atoms with Crippen molar-refractivity contribution >= 4 is 68.5 Å². The van der Waals surface area contributed by atoms with E-state index >= 15 is 0 Å². The normalized spacial score (nSPS) is 15.4. The monoisotopic (exact) mass is 597 g/mol. The summed E-state index contributed by atoms with van der Waals surface area (Å²) in [5, 5.41) is 21.3. The molecular formula is C27H24ClN5O3S3. The summed E-state index contributed by atoms with van der Waals surface area (Å²) in [7, 11) is 3.86. The Morgan fingerprint density at radius 1 is 1.08 bits per heavy atom. The number of thiazole rings is 1. The van der Waals surface area contributed by atoms with Gasteiger partial charge in [0.15, 0.2) is 10.1 Å². The Morgan fingerprint density at radius 3 is 2.38 bits per heavy atom. The van der Waals surface area contributed by atoms with E-state index < -0.39 is 23.5 Å². The standard InChI is InChI=1S/C27H24ClN5O3S3/c1-14-24(38-15(2)29-14)22(34)20-21(17-7-11-19(12-8-17)32(3)4)33(25(36)23(20)35)26-30-31-27(39-26)37-13-16-5-9-18(28)10-6-16/h5-12,21,35H,13H2,1-4H3. The summed E-state index contributed by atoms with van der Waals surface area (Å²) in [5.74, 6) is -1.05. The molecule has 8 nitrogen and oxygen atoms in total. The van der Waals surface area contributed by atoms with Crippen molar-refractivity contribution in [3.8, 4) is 0 Å². The van der Waals surface area contributed by atoms with Crippen LogP contribution in [0.2, 0.25) is 5.02 Å². The SMILES string of the molecule is Cc1nc(C)c(C(=O)C2=C(O)C(=O)N(c3nnc(SCc4ccc(Cl)cc4)s3)C2c2ccc(N(C)C)cc2)s1. The summed E-state index contributed by atoms with van der Waals surface area (Å²) in [4.78, 5) is 35.4. The van der Waals surface area contributed by atoms with Crippen molar-refractivity contribution in [2.75, 3.05) is 23.9 Å². The van der Waals surface area contributed by atoms with Crippen molar-refractivity contribution in [3.05, 3.63) is 91.6 Å². The number of nitrogens with zero attached hydrogens (tertiary/aromatic N) is 5. The van der Waals surface area contributed by atoms with E-state index in [1.54, 1.807) is 6.92 Å². The number of aliphatic hydroxyl groups excluding tert-OH is 1. The lowest BCUT2D eigenvalue weighted by Gasteiger charge is -2.24. The molecule has 0 bridgehead atoms. The number of ketones is 1. The van der Waals surface area contributed by atoms with Crippen LogP contribution in [-0.2, 0) is 10.5 Å². The third kappa shape index (κ3) is 5.44. The maximum atomic E-state index is 13.8. The Hall–Kier alpha value is -3.25. The smallest absolute Gasteiger partial charge is 0.296 e. The molecule has 0 spiro atoms. The van der Waals surface area contributed by atoms with Crippen LogP contribution < -0.4 is 9.80 Å². The molecule has 1 atom stereocenters. The van der Waals surface area contributed by atoms with Gasteiger partial charge >= 0.3 is 0 Å². The molecule has 12 heteroatoms. The maximum absolute atomic E-state index is 13.8. The highest BCUT2D eigenvalue weighted by atomic mass is 35.5. The number of hydrogen-bond acceptors (Lipinski definition) is 10. The first-order chi connectivity index (χ1) is 18.6. The molecule has 2 aromatic carbocycles. The summed E-state index contributed by atoms with van der Waals surface area (Å²) in [6.45, 7) is 3.56. The largest absolute Gasteiger partial charge is 0.503 e. The number of halogens is 1. The molecule has 0 aliphatic carbocycles. The molecule has 39 heavy (non-hydrogen) atoms. The highest BCUT2D eigenvalue weighted by molar-refractivity contribution is 8.00. The summed E-state index contributed by atoms with van der Waals surface area (Å²) < 4.78 is 0.655. The average Bonchev–Trinajstić information content (AvgIpc) is 3.59. The molecule has 0 radical (unpaired) electrons. The highest BCUT2D eigenvalue weighted by Crippen LogP contribution is 2.44. The molecule has 0 saturated carbocycles. The molecule has 200 valence electrons. The summed E-state index contributed by atoms with van der Waals surface area (Å²) in [6.07, 6.45) is 0. The minimum absolute atomic E-state index is 0.00919. The lowest BCUT2D eigenvalue weighted by atomic mass is 9.95. The van der Waals surface area contributed by atoms with Crippen LogP contribution in [0.5, 0.6) is 0 Å². The highest BCUT2D eigenvalue weighted by Gasteiger charge is 2.46. The number of carbonyl (C=O) groups excluding carboxylic acids is 2. The fraction of sp³-hybridized carbons (Fsp3) is 0.222.